The first kappa shape index (κ1) is 23.3. The van der Waals surface area contributed by atoms with E-state index in [1.807, 2.05) is 0 Å². The first-order valence-corrected chi connectivity index (χ1v) is 11.6. The fourth-order valence-corrected chi connectivity index (χ4v) is 6.81. The third kappa shape index (κ3) is 7.78. The zero-order valence-electron chi connectivity index (χ0n) is 15.0. The van der Waals surface area contributed by atoms with Crippen molar-refractivity contribution in [3.63, 3.8) is 0 Å². The maximum Gasteiger partial charge on any atom is 0.371 e. The first-order chi connectivity index (χ1) is 10.9. The molecule has 0 saturated carbocycles. The molecule has 0 amide bonds. The van der Waals surface area contributed by atoms with Crippen LogP contribution in [0.25, 0.3) is 0 Å². The van der Waals surface area contributed by atoms with Crippen LogP contribution in [0.3, 0.4) is 0 Å². The molecule has 0 aromatic carbocycles. The van der Waals surface area contributed by atoms with Gasteiger partial charge in [-0.3, -0.25) is 9.13 Å². The van der Waals surface area contributed by atoms with E-state index < -0.39 is 20.8 Å². The molecule has 23 heavy (non-hydrogen) atoms. The van der Waals surface area contributed by atoms with Crippen LogP contribution in [-0.2, 0) is 32.0 Å². The van der Waals surface area contributed by atoms with Crippen LogP contribution >= 0.6 is 15.2 Å². The fourth-order valence-electron chi connectivity index (χ4n) is 1.95. The second-order valence-electron chi connectivity index (χ2n) is 4.65. The van der Waals surface area contributed by atoms with Crippen molar-refractivity contribution in [2.24, 2.45) is 0 Å². The summed E-state index contributed by atoms with van der Waals surface area (Å²) >= 11 is 0. The maximum absolute atomic E-state index is 13.1. The normalized spacial score (nSPS) is 13.0. The van der Waals surface area contributed by atoms with Gasteiger partial charge in [0, 0.05) is 6.61 Å². The van der Waals surface area contributed by atoms with Crippen molar-refractivity contribution in [2.75, 3.05) is 33.0 Å². The number of hydrogen-bond acceptors (Lipinski definition) is 7. The molecule has 0 unspecified atom stereocenters. The van der Waals surface area contributed by atoms with Gasteiger partial charge in [0.15, 0.2) is 0 Å². The summed E-state index contributed by atoms with van der Waals surface area (Å²) in [4.78, 5) is 0. The molecule has 0 aliphatic carbocycles. The summed E-state index contributed by atoms with van der Waals surface area (Å²) in [6.45, 7) is 9.67. The lowest BCUT2D eigenvalue weighted by Crippen LogP contribution is -2.21. The molecular weight excluding hydrogens is 342 g/mol. The highest BCUT2D eigenvalue weighted by atomic mass is 31.2. The van der Waals surface area contributed by atoms with E-state index in [4.69, 9.17) is 22.8 Å². The van der Waals surface area contributed by atoms with Gasteiger partial charge in [-0.15, -0.1) is 0 Å². The van der Waals surface area contributed by atoms with Crippen molar-refractivity contribution in [2.45, 2.75) is 59.5 Å². The predicted octanol–water partition coefficient (Wildman–Crippen LogP) is 5.01. The Bertz CT molecular complexity index is 339. The molecule has 0 radical (unpaired) electrons. The predicted molar refractivity (Wildman–Crippen MR) is 91.0 cm³/mol. The minimum Gasteiger partial charge on any atom is -0.355 e. The van der Waals surface area contributed by atoms with Crippen LogP contribution in [0.4, 0.5) is 0 Å². The van der Waals surface area contributed by atoms with Crippen LogP contribution in [0.5, 0.6) is 0 Å². The highest BCUT2D eigenvalue weighted by Gasteiger charge is 2.52. The van der Waals surface area contributed by atoms with E-state index in [2.05, 4.69) is 6.92 Å². The Labute approximate surface area is 140 Å². The van der Waals surface area contributed by atoms with E-state index >= 15 is 0 Å². The van der Waals surface area contributed by atoms with Gasteiger partial charge in [0.2, 0.25) is 0 Å². The van der Waals surface area contributed by atoms with E-state index in [0.29, 0.717) is 0 Å². The smallest absolute Gasteiger partial charge is 0.355 e. The summed E-state index contributed by atoms with van der Waals surface area (Å²) in [6.07, 6.45) is 2.72. The van der Waals surface area contributed by atoms with Gasteiger partial charge in [-0.25, -0.2) is 0 Å². The number of unbranched alkanes of at least 4 members (excludes halogenated alkanes) is 2. The zero-order chi connectivity index (χ0) is 17.8. The molecule has 0 aromatic heterocycles. The van der Waals surface area contributed by atoms with Crippen LogP contribution in [0.15, 0.2) is 0 Å². The lowest BCUT2D eigenvalue weighted by Gasteiger charge is -2.31. The topological polar surface area (TPSA) is 80.3 Å². The van der Waals surface area contributed by atoms with Gasteiger partial charge in [-0.2, -0.15) is 0 Å². The van der Waals surface area contributed by atoms with Crippen molar-refractivity contribution in [1.82, 2.24) is 0 Å². The summed E-state index contributed by atoms with van der Waals surface area (Å²) in [7, 11) is -7.59. The quantitative estimate of drug-likeness (QED) is 0.294. The monoisotopic (exact) mass is 374 g/mol. The molecule has 0 aliphatic heterocycles. The SMILES string of the molecule is CCCCCOC(P(=O)(OCC)OCC)P(=O)(OCC)OCC. The van der Waals surface area contributed by atoms with Gasteiger partial charge >= 0.3 is 15.2 Å². The van der Waals surface area contributed by atoms with E-state index in [1.54, 1.807) is 27.7 Å². The van der Waals surface area contributed by atoms with Crippen molar-refractivity contribution in [1.29, 1.82) is 0 Å². The Hall–Kier alpha value is 0.260. The lowest BCUT2D eigenvalue weighted by atomic mass is 10.3. The molecular formula is C14H32O7P2. The number of hydrogen-bond donors (Lipinski definition) is 0. The molecule has 0 fully saturated rings. The van der Waals surface area contributed by atoms with E-state index in [-0.39, 0.29) is 33.0 Å². The molecule has 0 rings (SSSR count). The van der Waals surface area contributed by atoms with Crippen LogP contribution < -0.4 is 0 Å². The molecule has 0 N–H and O–H groups in total. The molecule has 7 nitrogen and oxygen atoms in total. The van der Waals surface area contributed by atoms with Crippen molar-refractivity contribution >= 4 is 15.2 Å². The van der Waals surface area contributed by atoms with Crippen molar-refractivity contribution < 1.29 is 32.0 Å². The van der Waals surface area contributed by atoms with Gasteiger partial charge < -0.3 is 22.8 Å². The van der Waals surface area contributed by atoms with Gasteiger partial charge in [0.25, 0.3) is 5.59 Å². The largest absolute Gasteiger partial charge is 0.371 e. The summed E-state index contributed by atoms with van der Waals surface area (Å²) in [5, 5.41) is 0. The Kier molecular flexibility index (Phi) is 12.7. The summed E-state index contributed by atoms with van der Waals surface area (Å²) < 4.78 is 53.0. The lowest BCUT2D eigenvalue weighted by molar-refractivity contribution is 0.0793. The highest BCUT2D eigenvalue weighted by molar-refractivity contribution is 7.72. The standard InChI is InChI=1S/C14H32O7P2/c1-6-11-12-13-17-14(22(15,18-7-2)19-8-3)23(16,20-9-4)21-10-5/h14H,6-13H2,1-5H3. The van der Waals surface area contributed by atoms with Crippen LogP contribution in [0, 0.1) is 0 Å². The molecule has 9 heteroatoms. The molecule has 0 aliphatic rings. The minimum atomic E-state index is -3.79. The maximum atomic E-state index is 13.1. The van der Waals surface area contributed by atoms with Crippen LogP contribution in [-0.4, -0.2) is 38.6 Å². The Morgan fingerprint density at radius 1 is 0.696 bits per heavy atom. The Morgan fingerprint density at radius 3 is 1.39 bits per heavy atom. The number of rotatable bonds is 15. The molecule has 0 atom stereocenters. The van der Waals surface area contributed by atoms with Gasteiger partial charge in [-0.1, -0.05) is 19.8 Å². The van der Waals surface area contributed by atoms with E-state index in [0.717, 1.165) is 19.3 Å². The Morgan fingerprint density at radius 2 is 1.09 bits per heavy atom. The van der Waals surface area contributed by atoms with E-state index in [9.17, 15) is 9.13 Å². The van der Waals surface area contributed by atoms with Gasteiger partial charge in [0.1, 0.15) is 0 Å². The molecule has 0 bridgehead atoms. The second-order valence-corrected chi connectivity index (χ2v) is 9.19. The fraction of sp³-hybridized carbons (Fsp3) is 1.00. The third-order valence-electron chi connectivity index (χ3n) is 2.79. The number of ether oxygens (including phenoxy) is 1. The average Bonchev–Trinajstić information content (AvgIpc) is 2.47. The van der Waals surface area contributed by atoms with E-state index in [1.165, 1.54) is 0 Å². The second kappa shape index (κ2) is 12.6. The average molecular weight is 374 g/mol. The van der Waals surface area contributed by atoms with Crippen LogP contribution in [0.1, 0.15) is 53.9 Å². The zero-order valence-corrected chi connectivity index (χ0v) is 16.8. The summed E-state index contributed by atoms with van der Waals surface area (Å²) in [5.41, 5.74) is -1.37. The molecule has 0 heterocycles. The minimum absolute atomic E-state index is 0.143. The van der Waals surface area contributed by atoms with Gasteiger partial charge in [0.05, 0.1) is 26.4 Å². The molecule has 0 spiro atoms. The molecule has 0 aromatic rings. The first-order valence-electron chi connectivity index (χ1n) is 8.33. The van der Waals surface area contributed by atoms with Crippen molar-refractivity contribution in [3.8, 4) is 0 Å². The third-order valence-corrected chi connectivity index (χ3v) is 8.34. The molecule has 140 valence electrons. The van der Waals surface area contributed by atoms with Gasteiger partial charge in [-0.05, 0) is 34.1 Å². The van der Waals surface area contributed by atoms with Crippen molar-refractivity contribution in [3.05, 3.63) is 0 Å². The Balaban J connectivity index is 5.47. The highest BCUT2D eigenvalue weighted by Crippen LogP contribution is 2.70. The van der Waals surface area contributed by atoms with Crippen LogP contribution in [0.2, 0.25) is 0 Å². The summed E-state index contributed by atoms with van der Waals surface area (Å²) in [6, 6.07) is 0. The summed E-state index contributed by atoms with van der Waals surface area (Å²) in [5.74, 6) is 0. The molecule has 0 saturated heterocycles.